The van der Waals surface area contributed by atoms with Gasteiger partial charge in [-0.25, -0.2) is 0 Å². The molecule has 0 heterocycles. The topological polar surface area (TPSA) is 20.2 Å². The van der Waals surface area contributed by atoms with E-state index in [0.29, 0.717) is 5.75 Å². The van der Waals surface area contributed by atoms with Crippen molar-refractivity contribution in [2.24, 2.45) is 0 Å². The highest BCUT2D eigenvalue weighted by molar-refractivity contribution is 5.47. The van der Waals surface area contributed by atoms with Gasteiger partial charge in [0.25, 0.3) is 0 Å². The third-order valence-electron chi connectivity index (χ3n) is 2.65. The molecule has 0 spiro atoms. The zero-order chi connectivity index (χ0) is 11.5. The molecule has 0 atom stereocenters. The van der Waals surface area contributed by atoms with Crippen molar-refractivity contribution in [1.29, 1.82) is 0 Å². The molecule has 0 aliphatic rings. The first-order chi connectivity index (χ1) is 7.66. The van der Waals surface area contributed by atoms with Crippen LogP contribution in [0.3, 0.4) is 0 Å². The lowest BCUT2D eigenvalue weighted by Crippen LogP contribution is -1.89. The molecule has 81 valence electrons. The number of phenols is 1. The maximum absolute atomic E-state index is 9.68. The van der Waals surface area contributed by atoms with Crippen molar-refractivity contribution < 1.29 is 5.11 Å². The average Bonchev–Trinajstić information content (AvgIpc) is 2.27. The highest BCUT2D eigenvalue weighted by atomic mass is 16.3. The Morgan fingerprint density at radius 1 is 0.875 bits per heavy atom. The summed E-state index contributed by atoms with van der Waals surface area (Å²) in [5.41, 5.74) is 4.13. The summed E-state index contributed by atoms with van der Waals surface area (Å²) in [6.45, 7) is 3.84. The van der Waals surface area contributed by atoms with Gasteiger partial charge in [-0.15, -0.1) is 0 Å². The predicted molar refractivity (Wildman–Crippen MR) is 66.5 cm³/mol. The molecule has 0 unspecified atom stereocenters. The molecule has 0 fully saturated rings. The zero-order valence-corrected chi connectivity index (χ0v) is 9.57. The second-order valence-electron chi connectivity index (χ2n) is 4.06. The van der Waals surface area contributed by atoms with Crippen LogP contribution in [-0.2, 0) is 0 Å². The fourth-order valence-corrected chi connectivity index (χ4v) is 1.81. The maximum atomic E-state index is 9.68. The van der Waals surface area contributed by atoms with E-state index in [9.17, 15) is 5.11 Å². The van der Waals surface area contributed by atoms with E-state index in [1.807, 2.05) is 44.2 Å². The number of hydrogen-bond acceptors (Lipinski definition) is 1. The summed E-state index contributed by atoms with van der Waals surface area (Å²) >= 11 is 0. The van der Waals surface area contributed by atoms with Gasteiger partial charge in [-0.05, 0) is 36.1 Å². The zero-order valence-electron chi connectivity index (χ0n) is 9.57. The molecule has 0 bridgehead atoms. The molecule has 2 aromatic carbocycles. The van der Waals surface area contributed by atoms with Crippen LogP contribution in [0, 0.1) is 20.3 Å². The van der Waals surface area contributed by atoms with Crippen molar-refractivity contribution in [2.75, 3.05) is 0 Å². The van der Waals surface area contributed by atoms with Crippen LogP contribution in [0.25, 0.3) is 0 Å². The van der Waals surface area contributed by atoms with Crippen LogP contribution in [0.4, 0.5) is 0 Å². The molecule has 1 N–H and O–H groups in total. The molecular formula is C15H15O. The third kappa shape index (κ3) is 2.25. The van der Waals surface area contributed by atoms with E-state index in [1.54, 1.807) is 0 Å². The van der Waals surface area contributed by atoms with E-state index >= 15 is 0 Å². The van der Waals surface area contributed by atoms with Crippen molar-refractivity contribution in [2.45, 2.75) is 13.8 Å². The van der Waals surface area contributed by atoms with Gasteiger partial charge in [0.05, 0.1) is 0 Å². The Kier molecular flexibility index (Phi) is 2.95. The van der Waals surface area contributed by atoms with Crippen molar-refractivity contribution in [3.05, 3.63) is 71.1 Å². The van der Waals surface area contributed by atoms with Gasteiger partial charge in [0.15, 0.2) is 0 Å². The Bertz CT molecular complexity index is 463. The molecule has 0 aliphatic carbocycles. The van der Waals surface area contributed by atoms with Crippen molar-refractivity contribution in [3.8, 4) is 5.75 Å². The highest BCUT2D eigenvalue weighted by Crippen LogP contribution is 2.24. The van der Waals surface area contributed by atoms with Crippen molar-refractivity contribution in [3.63, 3.8) is 0 Å². The van der Waals surface area contributed by atoms with Gasteiger partial charge >= 0.3 is 0 Å². The van der Waals surface area contributed by atoms with Crippen LogP contribution in [0.1, 0.15) is 22.3 Å². The third-order valence-corrected chi connectivity index (χ3v) is 2.65. The van der Waals surface area contributed by atoms with Crippen LogP contribution in [0.2, 0.25) is 0 Å². The van der Waals surface area contributed by atoms with Gasteiger partial charge in [0.1, 0.15) is 5.75 Å². The van der Waals surface area contributed by atoms with E-state index in [4.69, 9.17) is 0 Å². The molecule has 0 amide bonds. The molecule has 0 aliphatic heterocycles. The quantitative estimate of drug-likeness (QED) is 0.804. The SMILES string of the molecule is Cc1cc([CH]c2ccccc2)cc(C)c1O. The fourth-order valence-electron chi connectivity index (χ4n) is 1.81. The number of aromatic hydroxyl groups is 1. The Labute approximate surface area is 96.4 Å². The second-order valence-corrected chi connectivity index (χ2v) is 4.06. The molecule has 0 aromatic heterocycles. The maximum Gasteiger partial charge on any atom is 0.121 e. The minimum absolute atomic E-state index is 0.394. The first kappa shape index (κ1) is 10.7. The normalized spacial score (nSPS) is 10.4. The van der Waals surface area contributed by atoms with E-state index < -0.39 is 0 Å². The molecule has 2 rings (SSSR count). The lowest BCUT2D eigenvalue weighted by Gasteiger charge is -2.07. The van der Waals surface area contributed by atoms with Gasteiger partial charge in [0.2, 0.25) is 0 Å². The van der Waals surface area contributed by atoms with Crippen LogP contribution >= 0.6 is 0 Å². The molecule has 0 saturated heterocycles. The Balaban J connectivity index is 2.29. The van der Waals surface area contributed by atoms with Gasteiger partial charge in [-0.2, -0.15) is 0 Å². The average molecular weight is 211 g/mol. The molecule has 2 aromatic rings. The fraction of sp³-hybridized carbons (Fsp3) is 0.133. The lowest BCUT2D eigenvalue weighted by molar-refractivity contribution is 0.467. The van der Waals surface area contributed by atoms with Crippen LogP contribution in [0.5, 0.6) is 5.75 Å². The van der Waals surface area contributed by atoms with Gasteiger partial charge < -0.3 is 5.11 Å². The van der Waals surface area contributed by atoms with Gasteiger partial charge in [-0.1, -0.05) is 42.5 Å². The minimum Gasteiger partial charge on any atom is -0.507 e. The molecular weight excluding hydrogens is 196 g/mol. The smallest absolute Gasteiger partial charge is 0.121 e. The summed E-state index contributed by atoms with van der Waals surface area (Å²) in [6.07, 6.45) is 2.11. The monoisotopic (exact) mass is 211 g/mol. The predicted octanol–water partition coefficient (Wildman–Crippen LogP) is 3.61. The summed E-state index contributed by atoms with van der Waals surface area (Å²) in [5, 5.41) is 9.68. The van der Waals surface area contributed by atoms with Crippen molar-refractivity contribution in [1.82, 2.24) is 0 Å². The van der Waals surface area contributed by atoms with E-state index in [-0.39, 0.29) is 0 Å². The standard InChI is InChI=1S/C15H15O/c1-11-8-14(9-12(2)15(11)16)10-13-6-4-3-5-7-13/h3-10,16H,1-2H3. The van der Waals surface area contributed by atoms with E-state index in [0.717, 1.165) is 16.7 Å². The molecule has 0 saturated carbocycles. The van der Waals surface area contributed by atoms with E-state index in [2.05, 4.69) is 18.6 Å². The number of rotatable bonds is 2. The largest absolute Gasteiger partial charge is 0.507 e. The van der Waals surface area contributed by atoms with Gasteiger partial charge in [-0.3, -0.25) is 0 Å². The van der Waals surface area contributed by atoms with Crippen LogP contribution < -0.4 is 0 Å². The lowest BCUT2D eigenvalue weighted by atomic mass is 10.00. The van der Waals surface area contributed by atoms with Crippen LogP contribution in [-0.4, -0.2) is 5.11 Å². The summed E-state index contributed by atoms with van der Waals surface area (Å²) in [6, 6.07) is 14.2. The molecule has 1 nitrogen and oxygen atoms in total. The second kappa shape index (κ2) is 4.40. The number of aryl methyl sites for hydroxylation is 2. The first-order valence-corrected chi connectivity index (χ1v) is 5.37. The Morgan fingerprint density at radius 2 is 1.44 bits per heavy atom. The Morgan fingerprint density at radius 3 is 2.00 bits per heavy atom. The van der Waals surface area contributed by atoms with E-state index in [1.165, 1.54) is 5.56 Å². The summed E-state index contributed by atoms with van der Waals surface area (Å²) in [5.74, 6) is 0.394. The molecule has 1 radical (unpaired) electrons. The number of benzene rings is 2. The number of hydrogen-bond donors (Lipinski definition) is 1. The summed E-state index contributed by atoms with van der Waals surface area (Å²) in [4.78, 5) is 0. The summed E-state index contributed by atoms with van der Waals surface area (Å²) in [7, 11) is 0. The Hall–Kier alpha value is -1.76. The van der Waals surface area contributed by atoms with Crippen LogP contribution in [0.15, 0.2) is 42.5 Å². The first-order valence-electron chi connectivity index (χ1n) is 5.37. The summed E-state index contributed by atoms with van der Waals surface area (Å²) < 4.78 is 0. The minimum atomic E-state index is 0.394. The molecule has 1 heteroatoms. The van der Waals surface area contributed by atoms with Crippen molar-refractivity contribution >= 4 is 0 Å². The highest BCUT2D eigenvalue weighted by Gasteiger charge is 2.04. The van der Waals surface area contributed by atoms with Gasteiger partial charge in [0, 0.05) is 6.42 Å². The number of phenolic OH excluding ortho intramolecular Hbond substituents is 1. The molecule has 16 heavy (non-hydrogen) atoms.